The Morgan fingerprint density at radius 2 is 1.88 bits per heavy atom. The summed E-state index contributed by atoms with van der Waals surface area (Å²) in [5.41, 5.74) is 0. The van der Waals surface area contributed by atoms with E-state index in [4.69, 9.17) is 9.53 Å². The Hall–Kier alpha value is -0.163. The Balaban J connectivity index is 4.68. The molecule has 0 radical (unpaired) electrons. The highest BCUT2D eigenvalue weighted by Crippen LogP contribution is 2.37. The lowest BCUT2D eigenvalue weighted by molar-refractivity contribution is -0.00546. The van der Waals surface area contributed by atoms with Gasteiger partial charge >= 0.3 is 0 Å². The molecule has 2 N–H and O–H groups in total. The molecule has 0 aliphatic carbocycles. The van der Waals surface area contributed by atoms with E-state index in [1.165, 1.54) is 0 Å². The zero-order valence-electron chi connectivity index (χ0n) is 11.2. The second-order valence-corrected chi connectivity index (χ2v) is 10.4. The van der Waals surface area contributed by atoms with Gasteiger partial charge in [0.05, 0.1) is 12.7 Å². The predicted octanol–water partition coefficient (Wildman–Crippen LogP) is 2.31. The third-order valence-electron chi connectivity index (χ3n) is 3.27. The van der Waals surface area contributed by atoms with Crippen molar-refractivity contribution in [1.82, 2.24) is 0 Å². The summed E-state index contributed by atoms with van der Waals surface area (Å²) in [5, 5.41) is 18.8. The van der Waals surface area contributed by atoms with E-state index >= 15 is 0 Å². The first-order valence-electron chi connectivity index (χ1n) is 5.73. The average Bonchev–Trinajstić information content (AvgIpc) is 2.14. The highest BCUT2D eigenvalue weighted by atomic mass is 28.4. The van der Waals surface area contributed by atoms with Crippen LogP contribution in [0.15, 0.2) is 12.7 Å². The van der Waals surface area contributed by atoms with Crippen molar-refractivity contribution >= 4 is 8.32 Å². The number of rotatable bonds is 6. The van der Waals surface area contributed by atoms with Crippen LogP contribution in [0, 0.1) is 0 Å². The molecule has 3 nitrogen and oxygen atoms in total. The molecule has 2 atom stereocenters. The molecule has 0 fully saturated rings. The molecule has 0 spiro atoms. The van der Waals surface area contributed by atoms with Crippen LogP contribution in [0.2, 0.25) is 18.1 Å². The van der Waals surface area contributed by atoms with Crippen molar-refractivity contribution < 1.29 is 14.6 Å². The fraction of sp³-hybridized carbons (Fsp3) is 0.833. The van der Waals surface area contributed by atoms with Crippen molar-refractivity contribution in [3.63, 3.8) is 0 Å². The topological polar surface area (TPSA) is 49.7 Å². The van der Waals surface area contributed by atoms with E-state index in [-0.39, 0.29) is 17.7 Å². The van der Waals surface area contributed by atoms with Gasteiger partial charge in [0.2, 0.25) is 0 Å². The summed E-state index contributed by atoms with van der Waals surface area (Å²) in [6.45, 7) is 14.1. The smallest absolute Gasteiger partial charge is 0.192 e. The average molecular weight is 246 g/mol. The van der Waals surface area contributed by atoms with Gasteiger partial charge < -0.3 is 14.6 Å². The minimum absolute atomic E-state index is 0.0988. The van der Waals surface area contributed by atoms with Crippen LogP contribution in [0.1, 0.15) is 27.2 Å². The molecule has 0 aromatic rings. The minimum Gasteiger partial charge on any atom is -0.411 e. The van der Waals surface area contributed by atoms with E-state index in [2.05, 4.69) is 40.4 Å². The monoisotopic (exact) mass is 246 g/mol. The van der Waals surface area contributed by atoms with Crippen LogP contribution in [-0.2, 0) is 4.43 Å². The standard InChI is InChI=1S/C12H26O3Si/c1-7-8-11(10(14)9-13)15-16(5,6)12(2,3)4/h7,10-11,13-14H,1,8-9H2,2-6H3/t10-,11+/m1/s1. The van der Waals surface area contributed by atoms with Gasteiger partial charge in [-0.2, -0.15) is 0 Å². The van der Waals surface area contributed by atoms with Gasteiger partial charge in [-0.1, -0.05) is 26.8 Å². The maximum absolute atomic E-state index is 9.68. The van der Waals surface area contributed by atoms with Gasteiger partial charge in [-0.05, 0) is 24.6 Å². The summed E-state index contributed by atoms with van der Waals surface area (Å²) in [6, 6.07) is 0. The molecular weight excluding hydrogens is 220 g/mol. The van der Waals surface area contributed by atoms with Crippen LogP contribution >= 0.6 is 0 Å². The van der Waals surface area contributed by atoms with E-state index in [1.54, 1.807) is 6.08 Å². The molecule has 0 aromatic carbocycles. The van der Waals surface area contributed by atoms with E-state index in [1.807, 2.05) is 0 Å². The highest BCUT2D eigenvalue weighted by Gasteiger charge is 2.40. The fourth-order valence-corrected chi connectivity index (χ4v) is 2.48. The molecule has 0 aliphatic rings. The quantitative estimate of drug-likeness (QED) is 0.558. The van der Waals surface area contributed by atoms with Crippen LogP contribution < -0.4 is 0 Å². The van der Waals surface area contributed by atoms with Crippen molar-refractivity contribution in [2.24, 2.45) is 0 Å². The second-order valence-electron chi connectivity index (χ2n) is 5.69. The zero-order valence-corrected chi connectivity index (χ0v) is 12.2. The Kier molecular flexibility index (Phi) is 5.90. The van der Waals surface area contributed by atoms with Crippen LogP contribution in [0.4, 0.5) is 0 Å². The molecule has 0 bridgehead atoms. The molecule has 0 aromatic heterocycles. The minimum atomic E-state index is -1.90. The van der Waals surface area contributed by atoms with Gasteiger partial charge in [0.25, 0.3) is 0 Å². The Labute approximate surface area is 100 Å². The van der Waals surface area contributed by atoms with Crippen LogP contribution in [0.3, 0.4) is 0 Å². The predicted molar refractivity (Wildman–Crippen MR) is 70.0 cm³/mol. The van der Waals surface area contributed by atoms with E-state index in [0.29, 0.717) is 6.42 Å². The lowest BCUT2D eigenvalue weighted by Crippen LogP contribution is -2.47. The molecular formula is C12H26O3Si. The van der Waals surface area contributed by atoms with Gasteiger partial charge in [0.1, 0.15) is 6.10 Å². The Morgan fingerprint density at radius 1 is 1.38 bits per heavy atom. The molecule has 0 saturated carbocycles. The van der Waals surface area contributed by atoms with Crippen molar-refractivity contribution in [1.29, 1.82) is 0 Å². The van der Waals surface area contributed by atoms with Crippen molar-refractivity contribution in [3.8, 4) is 0 Å². The summed E-state index contributed by atoms with van der Waals surface area (Å²) in [5.74, 6) is 0. The summed E-state index contributed by atoms with van der Waals surface area (Å²) in [6.07, 6.45) is 1.11. The first-order valence-corrected chi connectivity index (χ1v) is 8.64. The molecule has 96 valence electrons. The van der Waals surface area contributed by atoms with Crippen LogP contribution in [0.5, 0.6) is 0 Å². The van der Waals surface area contributed by atoms with Crippen LogP contribution in [-0.4, -0.2) is 37.3 Å². The number of aliphatic hydroxyl groups excluding tert-OH is 2. The normalized spacial score (nSPS) is 16.9. The lowest BCUT2D eigenvalue weighted by atomic mass is 10.1. The highest BCUT2D eigenvalue weighted by molar-refractivity contribution is 6.74. The fourth-order valence-electron chi connectivity index (χ4n) is 1.12. The maximum Gasteiger partial charge on any atom is 0.192 e. The SMILES string of the molecule is C=CC[C@H](O[Si](C)(C)C(C)(C)C)[C@H](O)CO. The van der Waals surface area contributed by atoms with Gasteiger partial charge in [0.15, 0.2) is 8.32 Å². The summed E-state index contributed by atoms with van der Waals surface area (Å²) >= 11 is 0. The van der Waals surface area contributed by atoms with Crippen molar-refractivity contribution in [2.45, 2.75) is 57.5 Å². The molecule has 0 saturated heterocycles. The first-order chi connectivity index (χ1) is 7.15. The van der Waals surface area contributed by atoms with Gasteiger partial charge in [0, 0.05) is 0 Å². The summed E-state index contributed by atoms with van der Waals surface area (Å²) in [7, 11) is -1.90. The van der Waals surface area contributed by atoms with Gasteiger partial charge in [-0.25, -0.2) is 0 Å². The molecule has 0 amide bonds. The van der Waals surface area contributed by atoms with Crippen molar-refractivity contribution in [2.75, 3.05) is 6.61 Å². The third kappa shape index (κ3) is 4.37. The van der Waals surface area contributed by atoms with E-state index < -0.39 is 14.4 Å². The van der Waals surface area contributed by atoms with Crippen molar-refractivity contribution in [3.05, 3.63) is 12.7 Å². The summed E-state index contributed by atoms with van der Waals surface area (Å²) in [4.78, 5) is 0. The van der Waals surface area contributed by atoms with E-state index in [0.717, 1.165) is 0 Å². The molecule has 0 aliphatic heterocycles. The second kappa shape index (κ2) is 5.96. The summed E-state index contributed by atoms with van der Waals surface area (Å²) < 4.78 is 6.05. The van der Waals surface area contributed by atoms with Crippen LogP contribution in [0.25, 0.3) is 0 Å². The Bertz CT molecular complexity index is 221. The molecule has 0 unspecified atom stereocenters. The molecule has 0 heterocycles. The Morgan fingerprint density at radius 3 is 2.19 bits per heavy atom. The number of hydrogen-bond donors (Lipinski definition) is 2. The van der Waals surface area contributed by atoms with E-state index in [9.17, 15) is 5.11 Å². The maximum atomic E-state index is 9.68. The number of aliphatic hydroxyl groups is 2. The lowest BCUT2D eigenvalue weighted by Gasteiger charge is -2.40. The van der Waals surface area contributed by atoms with Gasteiger partial charge in [-0.15, -0.1) is 6.58 Å². The molecule has 4 heteroatoms. The van der Waals surface area contributed by atoms with Gasteiger partial charge in [-0.3, -0.25) is 0 Å². The third-order valence-corrected chi connectivity index (χ3v) is 7.77. The number of hydrogen-bond acceptors (Lipinski definition) is 3. The zero-order chi connectivity index (χ0) is 13.0. The first kappa shape index (κ1) is 15.8. The molecule has 16 heavy (non-hydrogen) atoms. The largest absolute Gasteiger partial charge is 0.411 e. The molecule has 0 rings (SSSR count).